The van der Waals surface area contributed by atoms with Crippen LogP contribution in [0.2, 0.25) is 0 Å². The highest BCUT2D eigenvalue weighted by Gasteiger charge is 2.14. The van der Waals surface area contributed by atoms with E-state index in [0.717, 1.165) is 31.4 Å². The summed E-state index contributed by atoms with van der Waals surface area (Å²) in [5.41, 5.74) is 1.07. The fourth-order valence-electron chi connectivity index (χ4n) is 2.97. The van der Waals surface area contributed by atoms with Gasteiger partial charge in [0.1, 0.15) is 28.6 Å². The van der Waals surface area contributed by atoms with E-state index in [9.17, 15) is 4.79 Å². The van der Waals surface area contributed by atoms with Crippen molar-refractivity contribution in [2.75, 3.05) is 20.3 Å². The molecule has 0 aliphatic heterocycles. The summed E-state index contributed by atoms with van der Waals surface area (Å²) >= 11 is 0. The molecule has 0 N–H and O–H groups in total. The normalized spacial score (nSPS) is 10.9. The fourth-order valence-corrected chi connectivity index (χ4v) is 2.97. The van der Waals surface area contributed by atoms with E-state index in [2.05, 4.69) is 13.8 Å². The van der Waals surface area contributed by atoms with E-state index >= 15 is 0 Å². The SMILES string of the molecule is CCCCOc1ccc(OCCCC)c(-c2cc(=O)c3ccc(OC)cc3o2)c1. The van der Waals surface area contributed by atoms with Crippen molar-refractivity contribution in [3.8, 4) is 28.6 Å². The molecule has 0 unspecified atom stereocenters. The number of ether oxygens (including phenoxy) is 3. The first-order chi connectivity index (χ1) is 14.2. The molecule has 0 aliphatic carbocycles. The molecule has 3 rings (SSSR count). The van der Waals surface area contributed by atoms with Crippen LogP contribution in [-0.2, 0) is 0 Å². The molecule has 0 amide bonds. The Bertz CT molecular complexity index is 1010. The third-order valence-electron chi connectivity index (χ3n) is 4.67. The second-order valence-corrected chi connectivity index (χ2v) is 6.90. The van der Waals surface area contributed by atoms with Gasteiger partial charge in [-0.25, -0.2) is 0 Å². The van der Waals surface area contributed by atoms with Gasteiger partial charge in [-0.15, -0.1) is 0 Å². The van der Waals surface area contributed by atoms with Crippen molar-refractivity contribution in [2.45, 2.75) is 39.5 Å². The number of rotatable bonds is 10. The highest BCUT2D eigenvalue weighted by Crippen LogP contribution is 2.35. The van der Waals surface area contributed by atoms with Crippen LogP contribution < -0.4 is 19.6 Å². The zero-order chi connectivity index (χ0) is 20.6. The Labute approximate surface area is 171 Å². The van der Waals surface area contributed by atoms with Gasteiger partial charge in [0, 0.05) is 12.1 Å². The van der Waals surface area contributed by atoms with Crippen molar-refractivity contribution in [3.05, 3.63) is 52.7 Å². The van der Waals surface area contributed by atoms with Crippen LogP contribution in [0.1, 0.15) is 39.5 Å². The molecule has 3 aromatic rings. The first kappa shape index (κ1) is 20.8. The third-order valence-corrected chi connectivity index (χ3v) is 4.67. The lowest BCUT2D eigenvalue weighted by Gasteiger charge is -2.14. The summed E-state index contributed by atoms with van der Waals surface area (Å²) in [6, 6.07) is 12.3. The highest BCUT2D eigenvalue weighted by molar-refractivity contribution is 5.81. The van der Waals surface area contributed by atoms with E-state index in [4.69, 9.17) is 18.6 Å². The molecule has 0 saturated carbocycles. The second kappa shape index (κ2) is 10.0. The summed E-state index contributed by atoms with van der Waals surface area (Å²) in [5.74, 6) is 2.48. The Morgan fingerprint density at radius 3 is 2.31 bits per heavy atom. The minimum Gasteiger partial charge on any atom is -0.497 e. The summed E-state index contributed by atoms with van der Waals surface area (Å²) in [5, 5.41) is 0.512. The predicted octanol–water partition coefficient (Wildman–Crippen LogP) is 5.83. The van der Waals surface area contributed by atoms with Crippen molar-refractivity contribution >= 4 is 11.0 Å². The summed E-state index contributed by atoms with van der Waals surface area (Å²) < 4.78 is 23.2. The Morgan fingerprint density at radius 1 is 0.862 bits per heavy atom. The maximum absolute atomic E-state index is 12.7. The first-order valence-electron chi connectivity index (χ1n) is 10.2. The van der Waals surface area contributed by atoms with Gasteiger partial charge in [-0.05, 0) is 43.2 Å². The van der Waals surface area contributed by atoms with Gasteiger partial charge in [-0.3, -0.25) is 4.79 Å². The number of methoxy groups -OCH3 is 1. The summed E-state index contributed by atoms with van der Waals surface area (Å²) in [6.45, 7) is 5.48. The van der Waals surface area contributed by atoms with Crippen molar-refractivity contribution in [2.24, 2.45) is 0 Å². The number of unbranched alkanes of at least 4 members (excludes halogenated alkanes) is 2. The van der Waals surface area contributed by atoms with Crippen molar-refractivity contribution in [3.63, 3.8) is 0 Å². The first-order valence-corrected chi connectivity index (χ1v) is 10.2. The fraction of sp³-hybridized carbons (Fsp3) is 0.375. The molecule has 0 atom stereocenters. The van der Waals surface area contributed by atoms with Crippen LogP contribution in [0, 0.1) is 0 Å². The summed E-state index contributed by atoms with van der Waals surface area (Å²) in [6.07, 6.45) is 4.03. The Kier molecular flexibility index (Phi) is 7.17. The van der Waals surface area contributed by atoms with E-state index < -0.39 is 0 Å². The summed E-state index contributed by atoms with van der Waals surface area (Å²) in [7, 11) is 1.58. The predicted molar refractivity (Wildman–Crippen MR) is 115 cm³/mol. The Hall–Kier alpha value is -2.95. The Morgan fingerprint density at radius 2 is 1.59 bits per heavy atom. The van der Waals surface area contributed by atoms with Gasteiger partial charge in [-0.2, -0.15) is 0 Å². The largest absolute Gasteiger partial charge is 0.497 e. The smallest absolute Gasteiger partial charge is 0.193 e. The van der Waals surface area contributed by atoms with Crippen molar-refractivity contribution < 1.29 is 18.6 Å². The maximum Gasteiger partial charge on any atom is 0.193 e. The zero-order valence-electron chi connectivity index (χ0n) is 17.3. The van der Waals surface area contributed by atoms with Crippen LogP contribution in [0.25, 0.3) is 22.3 Å². The molecule has 154 valence electrons. The van der Waals surface area contributed by atoms with Gasteiger partial charge >= 0.3 is 0 Å². The van der Waals surface area contributed by atoms with E-state index in [0.29, 0.717) is 47.0 Å². The number of hydrogen-bond donors (Lipinski definition) is 0. The number of benzene rings is 2. The van der Waals surface area contributed by atoms with E-state index in [1.54, 1.807) is 25.3 Å². The average Bonchev–Trinajstić information content (AvgIpc) is 2.74. The highest BCUT2D eigenvalue weighted by atomic mass is 16.5. The molecule has 0 radical (unpaired) electrons. The molecule has 2 aromatic carbocycles. The molecule has 0 spiro atoms. The van der Waals surface area contributed by atoms with E-state index in [-0.39, 0.29) is 5.43 Å². The zero-order valence-corrected chi connectivity index (χ0v) is 17.3. The lowest BCUT2D eigenvalue weighted by atomic mass is 10.1. The van der Waals surface area contributed by atoms with E-state index in [1.807, 2.05) is 18.2 Å². The van der Waals surface area contributed by atoms with Crippen LogP contribution >= 0.6 is 0 Å². The summed E-state index contributed by atoms with van der Waals surface area (Å²) in [4.78, 5) is 12.7. The van der Waals surface area contributed by atoms with Gasteiger partial charge in [0.25, 0.3) is 0 Å². The van der Waals surface area contributed by atoms with Crippen molar-refractivity contribution in [1.82, 2.24) is 0 Å². The molecule has 0 bridgehead atoms. The quantitative estimate of drug-likeness (QED) is 0.404. The van der Waals surface area contributed by atoms with Gasteiger partial charge in [0.05, 0.1) is 31.3 Å². The average molecular weight is 396 g/mol. The molecule has 0 fully saturated rings. The molecular weight excluding hydrogens is 368 g/mol. The van der Waals surface area contributed by atoms with Crippen LogP contribution in [0.4, 0.5) is 0 Å². The van der Waals surface area contributed by atoms with Crippen LogP contribution in [-0.4, -0.2) is 20.3 Å². The van der Waals surface area contributed by atoms with Crippen LogP contribution in [0.5, 0.6) is 17.2 Å². The molecule has 5 nitrogen and oxygen atoms in total. The lowest BCUT2D eigenvalue weighted by Crippen LogP contribution is -2.03. The minimum atomic E-state index is -0.110. The topological polar surface area (TPSA) is 57.9 Å². The van der Waals surface area contributed by atoms with Gasteiger partial charge in [0.2, 0.25) is 0 Å². The van der Waals surface area contributed by atoms with Crippen LogP contribution in [0.15, 0.2) is 51.7 Å². The molecule has 1 aromatic heterocycles. The van der Waals surface area contributed by atoms with E-state index in [1.165, 1.54) is 6.07 Å². The van der Waals surface area contributed by atoms with Gasteiger partial charge in [-0.1, -0.05) is 26.7 Å². The Balaban J connectivity index is 2.05. The molecular formula is C24H28O5. The molecule has 0 aliphatic rings. The molecule has 0 saturated heterocycles. The van der Waals surface area contributed by atoms with Gasteiger partial charge < -0.3 is 18.6 Å². The van der Waals surface area contributed by atoms with Crippen molar-refractivity contribution in [1.29, 1.82) is 0 Å². The lowest BCUT2D eigenvalue weighted by molar-refractivity contribution is 0.301. The number of fused-ring (bicyclic) bond motifs is 1. The third kappa shape index (κ3) is 5.11. The molecule has 29 heavy (non-hydrogen) atoms. The minimum absolute atomic E-state index is 0.110. The molecule has 1 heterocycles. The number of hydrogen-bond acceptors (Lipinski definition) is 5. The second-order valence-electron chi connectivity index (χ2n) is 6.90. The van der Waals surface area contributed by atoms with Gasteiger partial charge in [0.15, 0.2) is 5.43 Å². The monoisotopic (exact) mass is 396 g/mol. The maximum atomic E-state index is 12.7. The molecule has 5 heteroatoms. The standard InChI is InChI=1S/C24H28O5/c1-4-6-12-27-18-9-11-22(28-13-7-5-2)20(14-18)24-16-21(25)19-10-8-17(26-3)15-23(19)29-24/h8-11,14-16H,4-7,12-13H2,1-3H3. The van der Waals surface area contributed by atoms with Crippen LogP contribution in [0.3, 0.4) is 0 Å².